The number of amides is 1. The maximum absolute atomic E-state index is 12.3. The molecule has 0 aliphatic rings. The summed E-state index contributed by atoms with van der Waals surface area (Å²) in [5, 5.41) is 2.72. The number of rotatable bonds is 9. The first-order chi connectivity index (χ1) is 13.2. The molecule has 28 heavy (non-hydrogen) atoms. The number of nitrogens with zero attached hydrogens (tertiary/aromatic N) is 1. The average Bonchev–Trinajstić information content (AvgIpc) is 2.63. The molecule has 0 aromatic heterocycles. The number of hydrogen-bond donors (Lipinski definition) is 1. The van der Waals surface area contributed by atoms with E-state index in [0.717, 1.165) is 27.4 Å². The molecule has 2 aromatic rings. The standard InChI is InChI=1S/C21H28N2O4S/c1-16(2)18-10-6-8-12-20(18)27-14-13-22-21(24)15-23(28(4,25)26)19-11-7-5-9-17(19)3/h5-12,16H,13-15H2,1-4H3,(H,22,24). The largest absolute Gasteiger partial charge is 0.491 e. The summed E-state index contributed by atoms with van der Waals surface area (Å²) >= 11 is 0. The molecule has 152 valence electrons. The molecule has 0 saturated heterocycles. The first-order valence-corrected chi connectivity index (χ1v) is 11.1. The van der Waals surface area contributed by atoms with Crippen LogP contribution in [-0.2, 0) is 14.8 Å². The Hall–Kier alpha value is -2.54. The van der Waals surface area contributed by atoms with Crippen LogP contribution in [0.5, 0.6) is 5.75 Å². The van der Waals surface area contributed by atoms with Crippen molar-refractivity contribution in [3.8, 4) is 5.75 Å². The average molecular weight is 405 g/mol. The normalized spacial score (nSPS) is 11.3. The van der Waals surface area contributed by atoms with Crippen molar-refractivity contribution in [2.24, 2.45) is 0 Å². The van der Waals surface area contributed by atoms with Crippen molar-refractivity contribution in [2.45, 2.75) is 26.7 Å². The highest BCUT2D eigenvalue weighted by Crippen LogP contribution is 2.25. The highest BCUT2D eigenvalue weighted by Gasteiger charge is 2.21. The molecule has 2 rings (SSSR count). The van der Waals surface area contributed by atoms with Gasteiger partial charge in [0.2, 0.25) is 15.9 Å². The van der Waals surface area contributed by atoms with Crippen LogP contribution in [0.15, 0.2) is 48.5 Å². The van der Waals surface area contributed by atoms with E-state index in [9.17, 15) is 13.2 Å². The lowest BCUT2D eigenvalue weighted by Gasteiger charge is -2.23. The lowest BCUT2D eigenvalue weighted by molar-refractivity contribution is -0.119. The Kier molecular flexibility index (Phi) is 7.45. The topological polar surface area (TPSA) is 75.7 Å². The smallest absolute Gasteiger partial charge is 0.240 e. The highest BCUT2D eigenvalue weighted by molar-refractivity contribution is 7.92. The lowest BCUT2D eigenvalue weighted by atomic mass is 10.0. The summed E-state index contributed by atoms with van der Waals surface area (Å²) in [6, 6.07) is 14.9. The van der Waals surface area contributed by atoms with Gasteiger partial charge >= 0.3 is 0 Å². The number of aryl methyl sites for hydroxylation is 1. The molecule has 0 spiro atoms. The molecule has 6 nitrogen and oxygen atoms in total. The zero-order chi connectivity index (χ0) is 20.7. The Bertz CT molecular complexity index is 910. The minimum Gasteiger partial charge on any atom is -0.491 e. The SMILES string of the molecule is Cc1ccccc1N(CC(=O)NCCOc1ccccc1C(C)C)S(C)(=O)=O. The van der Waals surface area contributed by atoms with Crippen LogP contribution in [-0.4, -0.2) is 40.3 Å². The second kappa shape index (κ2) is 9.59. The van der Waals surface area contributed by atoms with E-state index < -0.39 is 10.0 Å². The van der Waals surface area contributed by atoms with Crippen molar-refractivity contribution in [3.05, 3.63) is 59.7 Å². The Labute approximate surface area is 167 Å². The minimum atomic E-state index is -3.58. The number of ether oxygens (including phenoxy) is 1. The molecule has 0 bridgehead atoms. The predicted octanol–water partition coefficient (Wildman–Crippen LogP) is 3.08. The van der Waals surface area contributed by atoms with E-state index in [0.29, 0.717) is 18.2 Å². The number of sulfonamides is 1. The second-order valence-electron chi connectivity index (χ2n) is 6.95. The van der Waals surface area contributed by atoms with Crippen molar-refractivity contribution in [1.29, 1.82) is 0 Å². The molecule has 0 atom stereocenters. The quantitative estimate of drug-likeness (QED) is 0.652. The third-order valence-corrected chi connectivity index (χ3v) is 5.42. The van der Waals surface area contributed by atoms with Gasteiger partial charge in [0.25, 0.3) is 0 Å². The lowest BCUT2D eigenvalue weighted by Crippen LogP contribution is -2.41. The van der Waals surface area contributed by atoms with Gasteiger partial charge in [-0.25, -0.2) is 8.42 Å². The highest BCUT2D eigenvalue weighted by atomic mass is 32.2. The number of anilines is 1. The van der Waals surface area contributed by atoms with Crippen LogP contribution in [0.1, 0.15) is 30.9 Å². The van der Waals surface area contributed by atoms with Gasteiger partial charge in [0, 0.05) is 0 Å². The predicted molar refractivity (Wildman–Crippen MR) is 112 cm³/mol. The molecule has 0 fully saturated rings. The molecular formula is C21H28N2O4S. The van der Waals surface area contributed by atoms with Crippen LogP contribution in [0.25, 0.3) is 0 Å². The molecule has 0 radical (unpaired) electrons. The van der Waals surface area contributed by atoms with Crippen LogP contribution in [0.4, 0.5) is 5.69 Å². The molecule has 0 aliphatic carbocycles. The maximum atomic E-state index is 12.3. The Morgan fingerprint density at radius 3 is 2.39 bits per heavy atom. The van der Waals surface area contributed by atoms with Gasteiger partial charge < -0.3 is 10.1 Å². The first kappa shape index (κ1) is 21.8. The third kappa shape index (κ3) is 5.99. The number of nitrogens with one attached hydrogen (secondary N) is 1. The van der Waals surface area contributed by atoms with Gasteiger partial charge in [-0.2, -0.15) is 0 Å². The number of para-hydroxylation sites is 2. The molecule has 1 N–H and O–H groups in total. The van der Waals surface area contributed by atoms with E-state index in [2.05, 4.69) is 19.2 Å². The fraction of sp³-hybridized carbons (Fsp3) is 0.381. The molecule has 0 saturated carbocycles. The molecule has 0 aliphatic heterocycles. The van der Waals surface area contributed by atoms with E-state index in [4.69, 9.17) is 4.74 Å². The van der Waals surface area contributed by atoms with Gasteiger partial charge in [0.1, 0.15) is 18.9 Å². The molecule has 1 amide bonds. The maximum Gasteiger partial charge on any atom is 0.240 e. The number of benzene rings is 2. The van der Waals surface area contributed by atoms with Crippen LogP contribution < -0.4 is 14.4 Å². The van der Waals surface area contributed by atoms with Gasteiger partial charge in [-0.05, 0) is 36.1 Å². The summed E-state index contributed by atoms with van der Waals surface area (Å²) in [4.78, 5) is 12.3. The number of hydrogen-bond acceptors (Lipinski definition) is 4. The fourth-order valence-electron chi connectivity index (χ4n) is 2.85. The van der Waals surface area contributed by atoms with Crippen molar-refractivity contribution < 1.29 is 17.9 Å². The van der Waals surface area contributed by atoms with Crippen LogP contribution in [0.2, 0.25) is 0 Å². The fourth-order valence-corrected chi connectivity index (χ4v) is 3.76. The van der Waals surface area contributed by atoms with Crippen LogP contribution >= 0.6 is 0 Å². The van der Waals surface area contributed by atoms with Crippen LogP contribution in [0.3, 0.4) is 0 Å². The summed E-state index contributed by atoms with van der Waals surface area (Å²) in [6.45, 7) is 6.32. The van der Waals surface area contributed by atoms with E-state index in [-0.39, 0.29) is 19.0 Å². The Balaban J connectivity index is 1.93. The van der Waals surface area contributed by atoms with Gasteiger partial charge in [-0.15, -0.1) is 0 Å². The van der Waals surface area contributed by atoms with E-state index >= 15 is 0 Å². The van der Waals surface area contributed by atoms with Gasteiger partial charge in [0.05, 0.1) is 18.5 Å². The zero-order valence-corrected chi connectivity index (χ0v) is 17.6. The zero-order valence-electron chi connectivity index (χ0n) is 16.8. The van der Waals surface area contributed by atoms with Crippen LogP contribution in [0, 0.1) is 6.92 Å². The van der Waals surface area contributed by atoms with Crippen molar-refractivity contribution >= 4 is 21.6 Å². The molecule has 0 unspecified atom stereocenters. The molecular weight excluding hydrogens is 376 g/mol. The number of carbonyl (C=O) groups is 1. The summed E-state index contributed by atoms with van der Waals surface area (Å²) in [7, 11) is -3.58. The summed E-state index contributed by atoms with van der Waals surface area (Å²) in [6.07, 6.45) is 1.10. The summed E-state index contributed by atoms with van der Waals surface area (Å²) < 4.78 is 31.2. The monoisotopic (exact) mass is 404 g/mol. The second-order valence-corrected chi connectivity index (χ2v) is 8.85. The number of carbonyl (C=O) groups excluding carboxylic acids is 1. The first-order valence-electron chi connectivity index (χ1n) is 9.22. The molecule has 2 aromatic carbocycles. The summed E-state index contributed by atoms with van der Waals surface area (Å²) in [5.41, 5.74) is 2.40. The van der Waals surface area contributed by atoms with Gasteiger partial charge in [0.15, 0.2) is 0 Å². The minimum absolute atomic E-state index is 0.272. The van der Waals surface area contributed by atoms with E-state index in [1.807, 2.05) is 43.3 Å². The van der Waals surface area contributed by atoms with E-state index in [1.165, 1.54) is 0 Å². The van der Waals surface area contributed by atoms with Crippen molar-refractivity contribution in [3.63, 3.8) is 0 Å². The third-order valence-electron chi connectivity index (χ3n) is 4.29. The van der Waals surface area contributed by atoms with Crippen molar-refractivity contribution in [2.75, 3.05) is 30.3 Å². The van der Waals surface area contributed by atoms with Crippen molar-refractivity contribution in [1.82, 2.24) is 5.32 Å². The van der Waals surface area contributed by atoms with Gasteiger partial charge in [-0.1, -0.05) is 50.2 Å². The Morgan fingerprint density at radius 2 is 1.75 bits per heavy atom. The van der Waals surface area contributed by atoms with Gasteiger partial charge in [-0.3, -0.25) is 9.10 Å². The van der Waals surface area contributed by atoms with E-state index in [1.54, 1.807) is 12.1 Å². The molecule has 0 heterocycles. The summed E-state index contributed by atoms with van der Waals surface area (Å²) in [5.74, 6) is 0.752. The Morgan fingerprint density at radius 1 is 1.11 bits per heavy atom. The molecule has 7 heteroatoms.